The number of aromatic nitrogens is 1. The third-order valence-corrected chi connectivity index (χ3v) is 3.97. The van der Waals surface area contributed by atoms with E-state index in [-0.39, 0.29) is 12.2 Å². The van der Waals surface area contributed by atoms with E-state index in [0.717, 1.165) is 16.5 Å². The van der Waals surface area contributed by atoms with Crippen molar-refractivity contribution in [3.63, 3.8) is 0 Å². The zero-order chi connectivity index (χ0) is 16.2. The highest BCUT2D eigenvalue weighted by molar-refractivity contribution is 6.00. The van der Waals surface area contributed by atoms with Gasteiger partial charge in [0, 0.05) is 29.1 Å². The average molecular weight is 307 g/mol. The van der Waals surface area contributed by atoms with Gasteiger partial charge in [0.05, 0.1) is 13.0 Å². The number of ether oxygens (including phenoxy) is 1. The number of Topliss-reactive ketones (excluding diaryl/α,β-unsaturated/α-hetero) is 1. The number of carbonyl (C=O) groups is 2. The van der Waals surface area contributed by atoms with Crippen molar-refractivity contribution in [3.8, 4) is 0 Å². The molecule has 3 rings (SSSR count). The number of methoxy groups -OCH3 is 1. The quantitative estimate of drug-likeness (QED) is 0.577. The lowest BCUT2D eigenvalue weighted by molar-refractivity contribution is -0.142. The second kappa shape index (κ2) is 6.48. The Labute approximate surface area is 134 Å². The van der Waals surface area contributed by atoms with Crippen LogP contribution < -0.4 is 0 Å². The molecule has 0 aliphatic rings. The molecule has 4 nitrogen and oxygen atoms in total. The van der Waals surface area contributed by atoms with Crippen molar-refractivity contribution >= 4 is 22.7 Å². The molecule has 1 atom stereocenters. The molecule has 0 saturated heterocycles. The van der Waals surface area contributed by atoms with E-state index in [9.17, 15) is 9.59 Å². The van der Waals surface area contributed by atoms with Gasteiger partial charge in [0.15, 0.2) is 5.78 Å². The molecule has 0 spiro atoms. The molecule has 0 saturated carbocycles. The maximum absolute atomic E-state index is 12.5. The predicted molar refractivity (Wildman–Crippen MR) is 88.4 cm³/mol. The van der Waals surface area contributed by atoms with Crippen molar-refractivity contribution < 1.29 is 14.3 Å². The number of aromatic amines is 1. The Kier molecular flexibility index (Phi) is 4.24. The van der Waals surface area contributed by atoms with Gasteiger partial charge < -0.3 is 9.72 Å². The Morgan fingerprint density at radius 3 is 2.48 bits per heavy atom. The summed E-state index contributed by atoms with van der Waals surface area (Å²) < 4.78 is 4.92. The lowest BCUT2D eigenvalue weighted by Crippen LogP contribution is -2.18. The summed E-state index contributed by atoms with van der Waals surface area (Å²) in [7, 11) is 1.34. The van der Waals surface area contributed by atoms with E-state index in [1.165, 1.54) is 7.11 Å². The first-order valence-corrected chi connectivity index (χ1v) is 7.43. The first-order valence-electron chi connectivity index (χ1n) is 7.43. The maximum Gasteiger partial charge on any atom is 0.313 e. The van der Waals surface area contributed by atoms with Crippen molar-refractivity contribution in [2.75, 3.05) is 7.11 Å². The van der Waals surface area contributed by atoms with Crippen LogP contribution in [0.1, 0.15) is 28.3 Å². The van der Waals surface area contributed by atoms with Crippen LogP contribution in [0.4, 0.5) is 0 Å². The number of hydrogen-bond acceptors (Lipinski definition) is 3. The summed E-state index contributed by atoms with van der Waals surface area (Å²) in [4.78, 5) is 27.9. The predicted octanol–water partition coefficient (Wildman–Crippen LogP) is 3.70. The average Bonchev–Trinajstić information content (AvgIpc) is 3.03. The van der Waals surface area contributed by atoms with Crippen molar-refractivity contribution in [3.05, 3.63) is 71.9 Å². The highest BCUT2D eigenvalue weighted by atomic mass is 16.5. The van der Waals surface area contributed by atoms with Crippen LogP contribution in [-0.2, 0) is 9.53 Å². The highest BCUT2D eigenvalue weighted by Crippen LogP contribution is 2.30. The second-order valence-corrected chi connectivity index (χ2v) is 5.36. The summed E-state index contributed by atoms with van der Waals surface area (Å²) in [6, 6.07) is 16.7. The van der Waals surface area contributed by atoms with Crippen molar-refractivity contribution in [2.24, 2.45) is 0 Å². The van der Waals surface area contributed by atoms with Gasteiger partial charge in [-0.3, -0.25) is 9.59 Å². The fourth-order valence-corrected chi connectivity index (χ4v) is 2.77. The van der Waals surface area contributed by atoms with Gasteiger partial charge in [-0.05, 0) is 11.6 Å². The number of H-pyrrole nitrogens is 1. The zero-order valence-corrected chi connectivity index (χ0v) is 12.8. The molecule has 116 valence electrons. The SMILES string of the molecule is COC(=O)C(CC(=O)c1ccccc1)c1c[nH]c2ccccc12. The van der Waals surface area contributed by atoms with Gasteiger partial charge >= 0.3 is 5.97 Å². The smallest absolute Gasteiger partial charge is 0.313 e. The molecular weight excluding hydrogens is 290 g/mol. The van der Waals surface area contributed by atoms with Crippen LogP contribution in [0.3, 0.4) is 0 Å². The van der Waals surface area contributed by atoms with Gasteiger partial charge in [-0.2, -0.15) is 0 Å². The van der Waals surface area contributed by atoms with E-state index >= 15 is 0 Å². The fourth-order valence-electron chi connectivity index (χ4n) is 2.77. The van der Waals surface area contributed by atoms with Gasteiger partial charge in [-0.15, -0.1) is 0 Å². The zero-order valence-electron chi connectivity index (χ0n) is 12.8. The Hall–Kier alpha value is -2.88. The topological polar surface area (TPSA) is 59.2 Å². The molecule has 1 N–H and O–H groups in total. The Morgan fingerprint density at radius 1 is 1.04 bits per heavy atom. The van der Waals surface area contributed by atoms with Crippen LogP contribution in [0.5, 0.6) is 0 Å². The number of ketones is 1. The minimum absolute atomic E-state index is 0.0775. The Bertz CT molecular complexity index is 836. The van der Waals surface area contributed by atoms with Crippen molar-refractivity contribution in [2.45, 2.75) is 12.3 Å². The summed E-state index contributed by atoms with van der Waals surface area (Å²) in [6.07, 6.45) is 1.86. The molecular formula is C19H17NO3. The van der Waals surface area contributed by atoms with E-state index in [1.54, 1.807) is 18.3 Å². The third kappa shape index (κ3) is 3.01. The largest absolute Gasteiger partial charge is 0.469 e. The number of fused-ring (bicyclic) bond motifs is 1. The summed E-state index contributed by atoms with van der Waals surface area (Å²) in [5.41, 5.74) is 2.32. The molecule has 1 aromatic heterocycles. The van der Waals surface area contributed by atoms with Crippen LogP contribution in [0.25, 0.3) is 10.9 Å². The minimum atomic E-state index is -0.621. The first-order chi connectivity index (χ1) is 11.2. The number of hydrogen-bond donors (Lipinski definition) is 1. The minimum Gasteiger partial charge on any atom is -0.469 e. The molecule has 4 heteroatoms. The second-order valence-electron chi connectivity index (χ2n) is 5.36. The first kappa shape index (κ1) is 15.0. The van der Waals surface area contributed by atoms with Crippen molar-refractivity contribution in [1.82, 2.24) is 4.98 Å². The summed E-state index contributed by atoms with van der Waals surface area (Å²) in [6.45, 7) is 0. The van der Waals surface area contributed by atoms with Gasteiger partial charge in [0.2, 0.25) is 0 Å². The molecule has 0 radical (unpaired) electrons. The summed E-state index contributed by atoms with van der Waals surface area (Å²) >= 11 is 0. The standard InChI is InChI=1S/C19H17NO3/c1-23-19(22)15(11-18(21)13-7-3-2-4-8-13)16-12-20-17-10-6-5-9-14(16)17/h2-10,12,15,20H,11H2,1H3. The molecule has 0 aliphatic heterocycles. The van der Waals surface area contributed by atoms with Crippen LogP contribution in [0, 0.1) is 0 Å². The number of rotatable bonds is 5. The molecule has 3 aromatic rings. The van der Waals surface area contributed by atoms with Crippen LogP contribution in [-0.4, -0.2) is 23.8 Å². The lowest BCUT2D eigenvalue weighted by atomic mass is 9.91. The fraction of sp³-hybridized carbons (Fsp3) is 0.158. The van der Waals surface area contributed by atoms with Gasteiger partial charge in [-0.1, -0.05) is 48.5 Å². The van der Waals surface area contributed by atoms with Crippen LogP contribution >= 0.6 is 0 Å². The van der Waals surface area contributed by atoms with Crippen LogP contribution in [0.15, 0.2) is 60.8 Å². The van der Waals surface area contributed by atoms with Gasteiger partial charge in [0.25, 0.3) is 0 Å². The Balaban J connectivity index is 1.96. The highest BCUT2D eigenvalue weighted by Gasteiger charge is 2.27. The Morgan fingerprint density at radius 2 is 1.74 bits per heavy atom. The molecule has 0 fully saturated rings. The van der Waals surface area contributed by atoms with Gasteiger partial charge in [0.1, 0.15) is 0 Å². The monoisotopic (exact) mass is 307 g/mol. The summed E-state index contributed by atoms with van der Waals surface area (Å²) in [5, 5.41) is 0.934. The maximum atomic E-state index is 12.5. The van der Waals surface area contributed by atoms with Crippen LogP contribution in [0.2, 0.25) is 0 Å². The van der Waals surface area contributed by atoms with E-state index < -0.39 is 11.9 Å². The number of nitrogens with one attached hydrogen (secondary N) is 1. The molecule has 0 bridgehead atoms. The molecule has 1 unspecified atom stereocenters. The van der Waals surface area contributed by atoms with E-state index in [0.29, 0.717) is 5.56 Å². The van der Waals surface area contributed by atoms with Crippen molar-refractivity contribution in [1.29, 1.82) is 0 Å². The number of para-hydroxylation sites is 1. The molecule has 0 amide bonds. The molecule has 2 aromatic carbocycles. The molecule has 1 heterocycles. The number of esters is 1. The van der Waals surface area contributed by atoms with E-state index in [4.69, 9.17) is 4.74 Å². The number of benzene rings is 2. The normalized spacial score (nSPS) is 12.0. The summed E-state index contributed by atoms with van der Waals surface area (Å²) in [5.74, 6) is -1.10. The van der Waals surface area contributed by atoms with Gasteiger partial charge in [-0.25, -0.2) is 0 Å². The molecule has 23 heavy (non-hydrogen) atoms. The third-order valence-electron chi connectivity index (χ3n) is 3.97. The van der Waals surface area contributed by atoms with E-state index in [2.05, 4.69) is 4.98 Å². The lowest BCUT2D eigenvalue weighted by Gasteiger charge is -2.13. The number of carbonyl (C=O) groups excluding carboxylic acids is 2. The van der Waals surface area contributed by atoms with E-state index in [1.807, 2.05) is 42.5 Å². The molecule has 0 aliphatic carbocycles.